The normalized spacial score (nSPS) is 19.6. The SMILES string of the molecule is C[C@@H]1CCc2c(sc3ncnc(N(C)Cc4nnc5n4CCCCC5)c23)C1. The van der Waals surface area contributed by atoms with E-state index in [4.69, 9.17) is 0 Å². The lowest BCUT2D eigenvalue weighted by atomic mass is 9.89. The lowest BCUT2D eigenvalue weighted by Gasteiger charge is -2.21. The molecule has 4 heterocycles. The van der Waals surface area contributed by atoms with Gasteiger partial charge in [-0.2, -0.15) is 0 Å². The molecule has 1 aliphatic heterocycles. The fraction of sp³-hybridized carbons (Fsp3) is 0.600. The van der Waals surface area contributed by atoms with Gasteiger partial charge in [0, 0.05) is 24.9 Å². The van der Waals surface area contributed by atoms with Crippen molar-refractivity contribution in [3.05, 3.63) is 28.4 Å². The first-order valence-corrected chi connectivity index (χ1v) is 10.9. The zero-order chi connectivity index (χ0) is 18.4. The maximum atomic E-state index is 4.68. The Morgan fingerprint density at radius 2 is 2.11 bits per heavy atom. The van der Waals surface area contributed by atoms with Crippen LogP contribution < -0.4 is 4.90 Å². The first kappa shape index (κ1) is 17.1. The molecule has 6 nitrogen and oxygen atoms in total. The smallest absolute Gasteiger partial charge is 0.152 e. The van der Waals surface area contributed by atoms with Gasteiger partial charge in [-0.15, -0.1) is 21.5 Å². The molecule has 0 radical (unpaired) electrons. The molecular formula is C20H26N6S. The van der Waals surface area contributed by atoms with Crippen LogP contribution in [0.5, 0.6) is 0 Å². The molecule has 27 heavy (non-hydrogen) atoms. The van der Waals surface area contributed by atoms with Crippen LogP contribution in [0.4, 0.5) is 5.82 Å². The summed E-state index contributed by atoms with van der Waals surface area (Å²) in [5, 5.41) is 10.2. The lowest BCUT2D eigenvalue weighted by Crippen LogP contribution is -2.22. The predicted molar refractivity (Wildman–Crippen MR) is 108 cm³/mol. The molecule has 0 fully saturated rings. The van der Waals surface area contributed by atoms with Crippen molar-refractivity contribution >= 4 is 27.4 Å². The minimum absolute atomic E-state index is 0.736. The van der Waals surface area contributed by atoms with E-state index in [1.54, 1.807) is 6.33 Å². The van der Waals surface area contributed by atoms with Gasteiger partial charge in [0.25, 0.3) is 0 Å². The van der Waals surface area contributed by atoms with Gasteiger partial charge in [-0.3, -0.25) is 0 Å². The van der Waals surface area contributed by atoms with Crippen LogP contribution in [-0.2, 0) is 32.4 Å². The average Bonchev–Trinajstić information content (AvgIpc) is 3.12. The van der Waals surface area contributed by atoms with Crippen molar-refractivity contribution in [2.24, 2.45) is 5.92 Å². The minimum Gasteiger partial charge on any atom is -0.351 e. The van der Waals surface area contributed by atoms with Gasteiger partial charge in [0.1, 0.15) is 22.8 Å². The third kappa shape index (κ3) is 3.02. The minimum atomic E-state index is 0.736. The number of anilines is 1. The highest BCUT2D eigenvalue weighted by molar-refractivity contribution is 7.19. The molecular weight excluding hydrogens is 356 g/mol. The number of aryl methyl sites for hydroxylation is 2. The largest absolute Gasteiger partial charge is 0.351 e. The summed E-state index contributed by atoms with van der Waals surface area (Å²) in [6.45, 7) is 4.12. The van der Waals surface area contributed by atoms with Crippen LogP contribution in [0, 0.1) is 5.92 Å². The van der Waals surface area contributed by atoms with Crippen molar-refractivity contribution in [1.82, 2.24) is 24.7 Å². The maximum Gasteiger partial charge on any atom is 0.152 e. The van der Waals surface area contributed by atoms with Crippen LogP contribution in [-0.4, -0.2) is 31.8 Å². The zero-order valence-corrected chi connectivity index (χ0v) is 16.9. The Morgan fingerprint density at radius 1 is 1.19 bits per heavy atom. The summed E-state index contributed by atoms with van der Waals surface area (Å²) in [7, 11) is 2.12. The molecule has 3 aromatic rings. The van der Waals surface area contributed by atoms with Crippen LogP contribution >= 0.6 is 11.3 Å². The lowest BCUT2D eigenvalue weighted by molar-refractivity contribution is 0.509. The van der Waals surface area contributed by atoms with E-state index in [-0.39, 0.29) is 0 Å². The van der Waals surface area contributed by atoms with Gasteiger partial charge >= 0.3 is 0 Å². The standard InChI is InChI=1S/C20H26N6S/c1-13-7-8-14-15(10-13)27-20-18(14)19(21-12-22-20)25(2)11-17-24-23-16-6-4-3-5-9-26(16)17/h12-13H,3-11H2,1-2H3/t13-/m1/s1. The maximum absolute atomic E-state index is 4.68. The highest BCUT2D eigenvalue weighted by Gasteiger charge is 2.25. The third-order valence-electron chi connectivity index (χ3n) is 6.00. The molecule has 7 heteroatoms. The summed E-state index contributed by atoms with van der Waals surface area (Å²) in [4.78, 5) is 14.1. The van der Waals surface area contributed by atoms with E-state index in [9.17, 15) is 0 Å². The highest BCUT2D eigenvalue weighted by Crippen LogP contribution is 2.40. The molecule has 2 aliphatic rings. The first-order valence-electron chi connectivity index (χ1n) is 10.1. The quantitative estimate of drug-likeness (QED) is 0.690. The second-order valence-corrected chi connectivity index (χ2v) is 9.16. The van der Waals surface area contributed by atoms with Gasteiger partial charge in [-0.05, 0) is 43.6 Å². The molecule has 1 aliphatic carbocycles. The van der Waals surface area contributed by atoms with Crippen molar-refractivity contribution in [2.45, 2.75) is 65.0 Å². The fourth-order valence-corrected chi connectivity index (χ4v) is 5.84. The topological polar surface area (TPSA) is 59.7 Å². The molecule has 0 spiro atoms. The van der Waals surface area contributed by atoms with Crippen molar-refractivity contribution in [3.8, 4) is 0 Å². The summed E-state index contributed by atoms with van der Waals surface area (Å²) >= 11 is 1.86. The van der Waals surface area contributed by atoms with E-state index < -0.39 is 0 Å². The van der Waals surface area contributed by atoms with Gasteiger partial charge in [0.05, 0.1) is 11.9 Å². The number of hydrogen-bond donors (Lipinski definition) is 0. The highest BCUT2D eigenvalue weighted by atomic mass is 32.1. The molecule has 0 saturated heterocycles. The molecule has 0 aromatic carbocycles. The van der Waals surface area contributed by atoms with E-state index in [0.29, 0.717) is 0 Å². The Labute approximate surface area is 163 Å². The number of thiophene rings is 1. The average molecular weight is 383 g/mol. The Morgan fingerprint density at radius 3 is 3.04 bits per heavy atom. The van der Waals surface area contributed by atoms with Gasteiger partial charge in [0.15, 0.2) is 5.82 Å². The van der Waals surface area contributed by atoms with Gasteiger partial charge in [0.2, 0.25) is 0 Å². The molecule has 0 amide bonds. The first-order chi connectivity index (χ1) is 13.2. The van der Waals surface area contributed by atoms with Gasteiger partial charge in [-0.1, -0.05) is 13.3 Å². The van der Waals surface area contributed by atoms with Crippen LogP contribution in [0.25, 0.3) is 10.2 Å². The van der Waals surface area contributed by atoms with E-state index in [1.807, 2.05) is 11.3 Å². The van der Waals surface area contributed by atoms with Gasteiger partial charge in [-0.25, -0.2) is 9.97 Å². The van der Waals surface area contributed by atoms with Crippen LogP contribution in [0.1, 0.15) is 54.7 Å². The van der Waals surface area contributed by atoms with Crippen molar-refractivity contribution < 1.29 is 0 Å². The number of aromatic nitrogens is 5. The Hall–Kier alpha value is -2.02. The second kappa shape index (κ2) is 6.86. The summed E-state index contributed by atoms with van der Waals surface area (Å²) in [6.07, 6.45) is 10.1. The Kier molecular flexibility index (Phi) is 4.34. The van der Waals surface area contributed by atoms with Crippen LogP contribution in [0.3, 0.4) is 0 Å². The van der Waals surface area contributed by atoms with Crippen molar-refractivity contribution in [2.75, 3.05) is 11.9 Å². The van der Waals surface area contributed by atoms with E-state index in [1.165, 1.54) is 47.9 Å². The van der Waals surface area contributed by atoms with Gasteiger partial charge < -0.3 is 9.47 Å². The molecule has 5 rings (SSSR count). The summed E-state index contributed by atoms with van der Waals surface area (Å²) in [5.74, 6) is 4.01. The number of rotatable bonds is 3. The second-order valence-electron chi connectivity index (χ2n) is 8.08. The summed E-state index contributed by atoms with van der Waals surface area (Å²) in [5.41, 5.74) is 1.48. The molecule has 0 N–H and O–H groups in total. The summed E-state index contributed by atoms with van der Waals surface area (Å²) in [6, 6.07) is 0. The Balaban J connectivity index is 1.50. The summed E-state index contributed by atoms with van der Waals surface area (Å²) < 4.78 is 2.33. The molecule has 0 unspecified atom stereocenters. The Bertz CT molecular complexity index is 974. The van der Waals surface area contributed by atoms with Crippen molar-refractivity contribution in [3.63, 3.8) is 0 Å². The zero-order valence-electron chi connectivity index (χ0n) is 16.1. The number of nitrogens with zero attached hydrogens (tertiary/aromatic N) is 6. The monoisotopic (exact) mass is 382 g/mol. The van der Waals surface area contributed by atoms with E-state index in [2.05, 4.69) is 43.6 Å². The molecule has 142 valence electrons. The van der Waals surface area contributed by atoms with Crippen molar-refractivity contribution in [1.29, 1.82) is 0 Å². The molecule has 1 atom stereocenters. The molecule has 0 bridgehead atoms. The number of hydrogen-bond acceptors (Lipinski definition) is 6. The predicted octanol–water partition coefficient (Wildman–Crippen LogP) is 3.77. The van der Waals surface area contributed by atoms with Crippen LogP contribution in [0.2, 0.25) is 0 Å². The van der Waals surface area contributed by atoms with E-state index in [0.717, 1.165) is 54.1 Å². The molecule has 3 aromatic heterocycles. The van der Waals surface area contributed by atoms with E-state index >= 15 is 0 Å². The van der Waals surface area contributed by atoms with Crippen LogP contribution in [0.15, 0.2) is 6.33 Å². The third-order valence-corrected chi connectivity index (χ3v) is 7.16. The molecule has 0 saturated carbocycles. The fourth-order valence-electron chi connectivity index (χ4n) is 4.50. The number of fused-ring (bicyclic) bond motifs is 4.